The van der Waals surface area contributed by atoms with Crippen LogP contribution in [-0.4, -0.2) is 34.3 Å². The number of fused-ring (bicyclic) bond motifs is 1. The number of aromatic amines is 1. The van der Waals surface area contributed by atoms with Crippen LogP contribution in [0, 0.1) is 0 Å². The summed E-state index contributed by atoms with van der Waals surface area (Å²) in [6.07, 6.45) is 4.55. The zero-order valence-electron chi connectivity index (χ0n) is 12.3. The summed E-state index contributed by atoms with van der Waals surface area (Å²) in [5.74, 6) is -0.0744. The summed E-state index contributed by atoms with van der Waals surface area (Å²) in [5, 5.41) is 3.87. The molecule has 1 aromatic carbocycles. The lowest BCUT2D eigenvalue weighted by Gasteiger charge is -2.23. The fourth-order valence-electron chi connectivity index (χ4n) is 2.94. The van der Waals surface area contributed by atoms with Crippen LogP contribution < -0.4 is 5.32 Å². The van der Waals surface area contributed by atoms with Gasteiger partial charge in [-0.15, -0.1) is 6.58 Å². The molecule has 114 valence electrons. The van der Waals surface area contributed by atoms with Crippen molar-refractivity contribution in [1.29, 1.82) is 0 Å². The highest BCUT2D eigenvalue weighted by Gasteiger charge is 2.35. The lowest BCUT2D eigenvalue weighted by molar-refractivity contribution is -0.135. The summed E-state index contributed by atoms with van der Waals surface area (Å²) in [4.78, 5) is 29.2. The van der Waals surface area contributed by atoms with Crippen molar-refractivity contribution in [3.05, 3.63) is 48.7 Å². The minimum atomic E-state index is -0.388. The van der Waals surface area contributed by atoms with E-state index >= 15 is 0 Å². The Morgan fingerprint density at radius 1 is 1.45 bits per heavy atom. The maximum atomic E-state index is 12.2. The molecule has 1 aliphatic rings. The van der Waals surface area contributed by atoms with Gasteiger partial charge in [-0.2, -0.15) is 0 Å². The minimum Gasteiger partial charge on any atom is -0.361 e. The summed E-state index contributed by atoms with van der Waals surface area (Å²) in [6, 6.07) is 7.57. The second-order valence-corrected chi connectivity index (χ2v) is 5.47. The number of likely N-dealkylation sites (tertiary alicyclic amines) is 1. The van der Waals surface area contributed by atoms with Crippen molar-refractivity contribution in [2.24, 2.45) is 0 Å². The zero-order chi connectivity index (χ0) is 15.5. The number of aromatic nitrogens is 1. The van der Waals surface area contributed by atoms with E-state index in [0.29, 0.717) is 25.9 Å². The zero-order valence-corrected chi connectivity index (χ0v) is 12.3. The predicted octanol–water partition coefficient (Wildman–Crippen LogP) is 1.96. The van der Waals surface area contributed by atoms with Crippen LogP contribution in [0.25, 0.3) is 10.9 Å². The minimum absolute atomic E-state index is 0.0315. The van der Waals surface area contributed by atoms with E-state index < -0.39 is 0 Å². The highest BCUT2D eigenvalue weighted by atomic mass is 16.2. The lowest BCUT2D eigenvalue weighted by Crippen LogP contribution is -2.44. The Balaban J connectivity index is 1.81. The third kappa shape index (κ3) is 2.62. The van der Waals surface area contributed by atoms with Crippen molar-refractivity contribution in [3.63, 3.8) is 0 Å². The quantitative estimate of drug-likeness (QED) is 0.829. The molecule has 2 amide bonds. The van der Waals surface area contributed by atoms with Crippen molar-refractivity contribution in [3.8, 4) is 0 Å². The van der Waals surface area contributed by atoms with Gasteiger partial charge in [-0.25, -0.2) is 0 Å². The summed E-state index contributed by atoms with van der Waals surface area (Å²) < 4.78 is 0. The van der Waals surface area contributed by atoms with Crippen LogP contribution in [0.3, 0.4) is 0 Å². The highest BCUT2D eigenvalue weighted by molar-refractivity contribution is 5.91. The van der Waals surface area contributed by atoms with Crippen molar-refractivity contribution in [1.82, 2.24) is 15.2 Å². The van der Waals surface area contributed by atoms with E-state index in [9.17, 15) is 9.59 Å². The molecule has 2 N–H and O–H groups in total. The van der Waals surface area contributed by atoms with E-state index in [1.54, 1.807) is 11.0 Å². The number of hydrogen-bond acceptors (Lipinski definition) is 2. The van der Waals surface area contributed by atoms with Crippen LogP contribution in [-0.2, 0) is 16.1 Å². The number of rotatable bonds is 5. The Morgan fingerprint density at radius 3 is 3.09 bits per heavy atom. The Hall–Kier alpha value is -2.56. The van der Waals surface area contributed by atoms with Gasteiger partial charge < -0.3 is 15.2 Å². The number of nitrogens with one attached hydrogen (secondary N) is 2. The van der Waals surface area contributed by atoms with E-state index in [-0.39, 0.29) is 17.9 Å². The number of para-hydroxylation sites is 1. The van der Waals surface area contributed by atoms with Crippen LogP contribution in [0.4, 0.5) is 0 Å². The van der Waals surface area contributed by atoms with Crippen molar-refractivity contribution in [2.45, 2.75) is 25.4 Å². The second-order valence-electron chi connectivity index (χ2n) is 5.47. The van der Waals surface area contributed by atoms with Gasteiger partial charge in [0, 0.05) is 36.6 Å². The molecule has 0 radical (unpaired) electrons. The molecule has 0 saturated carbocycles. The Labute approximate surface area is 129 Å². The average molecular weight is 297 g/mol. The number of benzene rings is 1. The topological polar surface area (TPSA) is 65.2 Å². The second kappa shape index (κ2) is 6.05. The van der Waals surface area contributed by atoms with Crippen LogP contribution in [0.1, 0.15) is 18.4 Å². The van der Waals surface area contributed by atoms with Gasteiger partial charge >= 0.3 is 0 Å². The van der Waals surface area contributed by atoms with Gasteiger partial charge in [0.15, 0.2) is 0 Å². The van der Waals surface area contributed by atoms with Crippen LogP contribution >= 0.6 is 0 Å². The fraction of sp³-hybridized carbons (Fsp3) is 0.294. The fourth-order valence-corrected chi connectivity index (χ4v) is 2.94. The molecular weight excluding hydrogens is 278 g/mol. The molecule has 0 bridgehead atoms. The molecule has 1 saturated heterocycles. The Kier molecular flexibility index (Phi) is 3.96. The number of H-pyrrole nitrogens is 1. The Morgan fingerprint density at radius 2 is 2.27 bits per heavy atom. The molecule has 1 aromatic heterocycles. The number of carbonyl (C=O) groups is 2. The summed E-state index contributed by atoms with van der Waals surface area (Å²) in [6.45, 7) is 4.46. The smallest absolute Gasteiger partial charge is 0.243 e. The third-order valence-electron chi connectivity index (χ3n) is 4.07. The molecule has 5 nitrogen and oxygen atoms in total. The molecule has 2 aromatic rings. The molecule has 22 heavy (non-hydrogen) atoms. The highest BCUT2D eigenvalue weighted by Crippen LogP contribution is 2.25. The first-order valence-electron chi connectivity index (χ1n) is 7.44. The van der Waals surface area contributed by atoms with E-state index in [2.05, 4.69) is 16.9 Å². The predicted molar refractivity (Wildman–Crippen MR) is 85.1 cm³/mol. The molecule has 1 fully saturated rings. The molecule has 0 spiro atoms. The number of hydrogen-bond donors (Lipinski definition) is 2. The summed E-state index contributed by atoms with van der Waals surface area (Å²) >= 11 is 0. The molecule has 3 rings (SSSR count). The molecule has 1 aliphatic heterocycles. The normalized spacial score (nSPS) is 17.9. The number of carbonyl (C=O) groups excluding carboxylic acids is 2. The van der Waals surface area contributed by atoms with E-state index in [4.69, 9.17) is 0 Å². The van der Waals surface area contributed by atoms with Gasteiger partial charge in [0.1, 0.15) is 6.04 Å². The maximum Gasteiger partial charge on any atom is 0.243 e. The van der Waals surface area contributed by atoms with Crippen molar-refractivity contribution >= 4 is 22.7 Å². The molecular formula is C17H19N3O2. The van der Waals surface area contributed by atoms with Gasteiger partial charge in [0.05, 0.1) is 0 Å². The third-order valence-corrected chi connectivity index (χ3v) is 4.07. The van der Waals surface area contributed by atoms with E-state index in [1.807, 2.05) is 30.5 Å². The SMILES string of the molecule is C=CCNC(=O)C1CCC(=O)N1Cc1c[nH]c2ccccc12. The van der Waals surface area contributed by atoms with Crippen molar-refractivity contribution in [2.75, 3.05) is 6.54 Å². The molecule has 0 aliphatic carbocycles. The first kappa shape index (κ1) is 14.4. The number of nitrogens with zero attached hydrogens (tertiary/aromatic N) is 1. The molecule has 1 atom stereocenters. The lowest BCUT2D eigenvalue weighted by atomic mass is 10.1. The van der Waals surface area contributed by atoms with Crippen LogP contribution in [0.2, 0.25) is 0 Å². The monoisotopic (exact) mass is 297 g/mol. The van der Waals surface area contributed by atoms with Gasteiger partial charge in [-0.3, -0.25) is 9.59 Å². The molecule has 1 unspecified atom stereocenters. The van der Waals surface area contributed by atoms with E-state index in [1.165, 1.54) is 0 Å². The maximum absolute atomic E-state index is 12.2. The first-order valence-corrected chi connectivity index (χ1v) is 7.44. The van der Waals surface area contributed by atoms with Gasteiger partial charge in [0.2, 0.25) is 11.8 Å². The summed E-state index contributed by atoms with van der Waals surface area (Å²) in [7, 11) is 0. The van der Waals surface area contributed by atoms with Crippen LogP contribution in [0.5, 0.6) is 0 Å². The standard InChI is InChI=1S/C17H19N3O2/c1-2-9-18-17(22)15-7-8-16(21)20(15)11-12-10-19-14-6-4-3-5-13(12)14/h2-6,10,15,19H,1,7-9,11H2,(H,18,22). The molecule has 2 heterocycles. The number of amides is 2. The van der Waals surface area contributed by atoms with Gasteiger partial charge in [-0.1, -0.05) is 24.3 Å². The van der Waals surface area contributed by atoms with Gasteiger partial charge in [0.25, 0.3) is 0 Å². The Bertz CT molecular complexity index is 720. The first-order chi connectivity index (χ1) is 10.7. The largest absolute Gasteiger partial charge is 0.361 e. The summed E-state index contributed by atoms with van der Waals surface area (Å²) in [5.41, 5.74) is 2.07. The average Bonchev–Trinajstić information content (AvgIpc) is 3.10. The van der Waals surface area contributed by atoms with Crippen molar-refractivity contribution < 1.29 is 9.59 Å². The van der Waals surface area contributed by atoms with Gasteiger partial charge in [-0.05, 0) is 18.1 Å². The van der Waals surface area contributed by atoms with Crippen LogP contribution in [0.15, 0.2) is 43.1 Å². The molecule has 5 heteroatoms. The van der Waals surface area contributed by atoms with E-state index in [0.717, 1.165) is 16.5 Å².